The first-order chi connectivity index (χ1) is 14.4. The van der Waals surface area contributed by atoms with Crippen LogP contribution < -0.4 is 10.1 Å². The normalized spacial score (nSPS) is 20.8. The number of anilines is 1. The van der Waals surface area contributed by atoms with Gasteiger partial charge in [-0.2, -0.15) is 9.97 Å². The highest BCUT2D eigenvalue weighted by atomic mass is 19.1. The van der Waals surface area contributed by atoms with Crippen LogP contribution in [0.2, 0.25) is 0 Å². The Morgan fingerprint density at radius 2 is 2.13 bits per heavy atom. The number of likely N-dealkylation sites (N-methyl/N-ethyl adjacent to an activating group) is 1. The monoisotopic (exact) mass is 416 g/mol. The van der Waals surface area contributed by atoms with E-state index in [0.29, 0.717) is 24.3 Å². The molecule has 0 radical (unpaired) electrons. The summed E-state index contributed by atoms with van der Waals surface area (Å²) in [6.07, 6.45) is 0. The number of rotatable bonds is 8. The molecule has 2 aliphatic rings. The summed E-state index contributed by atoms with van der Waals surface area (Å²) in [7, 11) is 2.13. The van der Waals surface area contributed by atoms with Gasteiger partial charge in [-0.1, -0.05) is 12.1 Å². The molecule has 30 heavy (non-hydrogen) atoms. The maximum atomic E-state index is 14.7. The molecule has 2 atom stereocenters. The summed E-state index contributed by atoms with van der Waals surface area (Å²) in [5.41, 5.74) is 1.28. The third-order valence-corrected chi connectivity index (χ3v) is 5.82. The lowest BCUT2D eigenvalue weighted by atomic mass is 9.86. The maximum absolute atomic E-state index is 14.7. The number of ether oxygens (including phenoxy) is 1. The van der Waals surface area contributed by atoms with E-state index in [1.54, 1.807) is 13.0 Å². The molecule has 0 amide bonds. The molecule has 1 aromatic carbocycles. The molecule has 0 aliphatic carbocycles. The quantitative estimate of drug-likeness (QED) is 0.517. The summed E-state index contributed by atoms with van der Waals surface area (Å²) >= 11 is 0. The van der Waals surface area contributed by atoms with E-state index in [0.717, 1.165) is 25.2 Å². The van der Waals surface area contributed by atoms with Crippen LogP contribution in [-0.2, 0) is 13.1 Å². The predicted molar refractivity (Wildman–Crippen MR) is 109 cm³/mol. The van der Waals surface area contributed by atoms with Crippen molar-refractivity contribution in [2.75, 3.05) is 32.1 Å². The lowest BCUT2D eigenvalue weighted by Gasteiger charge is -2.61. The van der Waals surface area contributed by atoms with Gasteiger partial charge in [-0.15, -0.1) is 0 Å². The fraction of sp³-hybridized carbons (Fsp3) is 0.500. The molecule has 4 rings (SSSR count). The van der Waals surface area contributed by atoms with Gasteiger partial charge in [-0.3, -0.25) is 19.9 Å². The molecule has 0 spiro atoms. The van der Waals surface area contributed by atoms with Gasteiger partial charge in [0, 0.05) is 43.8 Å². The Bertz CT molecular complexity index is 972. The molecule has 2 aliphatic heterocycles. The van der Waals surface area contributed by atoms with Gasteiger partial charge in [0.15, 0.2) is 0 Å². The average molecular weight is 416 g/mol. The molecule has 1 N–H and O–H groups in total. The second-order valence-corrected chi connectivity index (χ2v) is 7.76. The molecule has 0 saturated carbocycles. The summed E-state index contributed by atoms with van der Waals surface area (Å²) in [5, 5.41) is 14.3. The Morgan fingerprint density at radius 1 is 1.33 bits per heavy atom. The van der Waals surface area contributed by atoms with E-state index in [2.05, 4.69) is 32.1 Å². The predicted octanol–water partition coefficient (Wildman–Crippen LogP) is 2.34. The Labute approximate surface area is 174 Å². The molecule has 10 heteroatoms. The van der Waals surface area contributed by atoms with Crippen molar-refractivity contribution in [3.63, 3.8) is 0 Å². The van der Waals surface area contributed by atoms with Gasteiger partial charge in [0.2, 0.25) is 5.82 Å². The van der Waals surface area contributed by atoms with Gasteiger partial charge < -0.3 is 10.1 Å². The van der Waals surface area contributed by atoms with Gasteiger partial charge in [0.25, 0.3) is 0 Å². The van der Waals surface area contributed by atoms with Gasteiger partial charge in [0.1, 0.15) is 11.5 Å². The molecular formula is C20H25FN6O3. The topological polar surface area (TPSA) is 96.7 Å². The SMILES string of the molecule is CCOc1nc(C)c([N+](=O)[O-])c(NCc2ccc(CN3CC4C3CN4C)cc2F)n1. The summed E-state index contributed by atoms with van der Waals surface area (Å²) in [6, 6.07) is 6.44. The van der Waals surface area contributed by atoms with Crippen LogP contribution >= 0.6 is 0 Å². The molecule has 1 aromatic heterocycles. The first-order valence-corrected chi connectivity index (χ1v) is 9.98. The molecule has 2 saturated heterocycles. The van der Waals surface area contributed by atoms with Crippen LogP contribution in [0.15, 0.2) is 18.2 Å². The minimum absolute atomic E-state index is 0.0140. The average Bonchev–Trinajstić information content (AvgIpc) is 2.68. The van der Waals surface area contributed by atoms with Crippen molar-refractivity contribution in [1.82, 2.24) is 19.8 Å². The van der Waals surface area contributed by atoms with E-state index in [1.165, 1.54) is 13.0 Å². The lowest BCUT2D eigenvalue weighted by Crippen LogP contribution is -2.77. The van der Waals surface area contributed by atoms with Crippen molar-refractivity contribution in [2.45, 2.75) is 39.0 Å². The molecule has 9 nitrogen and oxygen atoms in total. The number of nitro groups is 1. The molecule has 0 bridgehead atoms. The van der Waals surface area contributed by atoms with Crippen LogP contribution in [0.5, 0.6) is 6.01 Å². The van der Waals surface area contributed by atoms with Crippen molar-refractivity contribution < 1.29 is 14.1 Å². The van der Waals surface area contributed by atoms with Crippen LogP contribution in [-0.4, -0.2) is 63.5 Å². The number of hydrogen-bond acceptors (Lipinski definition) is 8. The van der Waals surface area contributed by atoms with Gasteiger partial charge in [-0.05, 0) is 32.5 Å². The van der Waals surface area contributed by atoms with E-state index in [1.807, 2.05) is 6.07 Å². The van der Waals surface area contributed by atoms with Crippen LogP contribution in [0.25, 0.3) is 0 Å². The fourth-order valence-corrected chi connectivity index (χ4v) is 4.07. The molecule has 3 heterocycles. The van der Waals surface area contributed by atoms with Crippen LogP contribution in [0.1, 0.15) is 23.7 Å². The van der Waals surface area contributed by atoms with E-state index >= 15 is 0 Å². The maximum Gasteiger partial charge on any atom is 0.332 e. The van der Waals surface area contributed by atoms with Crippen LogP contribution in [0, 0.1) is 22.9 Å². The third-order valence-electron chi connectivity index (χ3n) is 5.82. The number of halogens is 1. The first-order valence-electron chi connectivity index (χ1n) is 9.98. The standard InChI is InChI=1S/C20H25FN6O3/c1-4-30-20-23-12(2)18(27(28)29)19(24-20)22-8-14-6-5-13(7-15(14)21)9-26-11-16-17(26)10-25(16)3/h5-7,16-17H,4,8-11H2,1-3H3,(H,22,23,24). The number of likely N-dealkylation sites (tertiary alicyclic amines) is 2. The minimum atomic E-state index is -0.551. The zero-order valence-electron chi connectivity index (χ0n) is 17.3. The molecular weight excluding hydrogens is 391 g/mol. The van der Waals surface area contributed by atoms with Crippen LogP contribution in [0.3, 0.4) is 0 Å². The second kappa shape index (κ2) is 8.11. The number of aromatic nitrogens is 2. The Balaban J connectivity index is 1.44. The van der Waals surface area contributed by atoms with Crippen molar-refractivity contribution in [3.05, 3.63) is 51.0 Å². The van der Waals surface area contributed by atoms with Gasteiger partial charge >= 0.3 is 11.7 Å². The Morgan fingerprint density at radius 3 is 2.73 bits per heavy atom. The summed E-state index contributed by atoms with van der Waals surface area (Å²) in [5.74, 6) is -0.332. The summed E-state index contributed by atoms with van der Waals surface area (Å²) < 4.78 is 19.9. The fourth-order valence-electron chi connectivity index (χ4n) is 4.07. The lowest BCUT2D eigenvalue weighted by molar-refractivity contribution is -0.385. The minimum Gasteiger partial charge on any atom is -0.464 e. The molecule has 2 aromatic rings. The number of aryl methyl sites for hydroxylation is 1. The number of piperazine rings is 1. The first kappa shape index (κ1) is 20.4. The van der Waals surface area contributed by atoms with E-state index in [4.69, 9.17) is 4.74 Å². The summed E-state index contributed by atoms with van der Waals surface area (Å²) in [4.78, 5) is 23.6. The van der Waals surface area contributed by atoms with Gasteiger partial charge in [0.05, 0.1) is 11.5 Å². The molecule has 2 fully saturated rings. The number of benzene rings is 1. The van der Waals surface area contributed by atoms with Crippen LogP contribution in [0.4, 0.5) is 15.9 Å². The number of hydrogen-bond donors (Lipinski definition) is 1. The van der Waals surface area contributed by atoms with E-state index < -0.39 is 4.92 Å². The molecule has 160 valence electrons. The zero-order valence-corrected chi connectivity index (χ0v) is 17.3. The second-order valence-electron chi connectivity index (χ2n) is 7.76. The Kier molecular flexibility index (Phi) is 5.52. The van der Waals surface area contributed by atoms with Crippen molar-refractivity contribution >= 4 is 11.5 Å². The van der Waals surface area contributed by atoms with Crippen molar-refractivity contribution in [1.29, 1.82) is 0 Å². The number of fused-ring (bicyclic) bond motifs is 1. The van der Waals surface area contributed by atoms with E-state index in [9.17, 15) is 14.5 Å². The largest absolute Gasteiger partial charge is 0.464 e. The Hall–Kier alpha value is -2.85. The zero-order chi connectivity index (χ0) is 21.4. The van der Waals surface area contributed by atoms with Crippen molar-refractivity contribution in [2.24, 2.45) is 0 Å². The highest BCUT2D eigenvalue weighted by Crippen LogP contribution is 2.33. The smallest absolute Gasteiger partial charge is 0.332 e. The van der Waals surface area contributed by atoms with Gasteiger partial charge in [-0.25, -0.2) is 4.39 Å². The summed E-state index contributed by atoms with van der Waals surface area (Å²) in [6.45, 7) is 6.50. The van der Waals surface area contributed by atoms with Crippen molar-refractivity contribution in [3.8, 4) is 6.01 Å². The highest BCUT2D eigenvalue weighted by molar-refractivity contribution is 5.59. The number of nitrogens with zero attached hydrogens (tertiary/aromatic N) is 5. The third kappa shape index (κ3) is 3.80. The van der Waals surface area contributed by atoms with E-state index in [-0.39, 0.29) is 35.6 Å². The molecule has 2 unspecified atom stereocenters. The highest BCUT2D eigenvalue weighted by Gasteiger charge is 2.49. The number of nitrogens with one attached hydrogen (secondary N) is 1.